The van der Waals surface area contributed by atoms with Gasteiger partial charge in [-0.3, -0.25) is 4.90 Å². The quantitative estimate of drug-likeness (QED) is 0.774. The van der Waals surface area contributed by atoms with Crippen LogP contribution in [-0.2, 0) is 0 Å². The van der Waals surface area contributed by atoms with Crippen LogP contribution in [-0.4, -0.2) is 61.7 Å². The summed E-state index contributed by atoms with van der Waals surface area (Å²) in [6, 6.07) is 1.58. The minimum absolute atomic E-state index is 0.429. The van der Waals surface area contributed by atoms with Gasteiger partial charge in [0.2, 0.25) is 0 Å². The second-order valence-electron chi connectivity index (χ2n) is 7.47. The van der Waals surface area contributed by atoms with Gasteiger partial charge in [0.25, 0.3) is 0 Å². The first-order valence-electron chi connectivity index (χ1n) is 8.72. The van der Waals surface area contributed by atoms with Gasteiger partial charge < -0.3 is 10.2 Å². The Labute approximate surface area is 126 Å². The van der Waals surface area contributed by atoms with E-state index in [1.54, 1.807) is 0 Å². The zero-order valence-electron chi connectivity index (χ0n) is 14.1. The van der Waals surface area contributed by atoms with E-state index >= 15 is 0 Å². The molecule has 2 rings (SSSR count). The van der Waals surface area contributed by atoms with Gasteiger partial charge in [-0.15, -0.1) is 0 Å². The van der Waals surface area contributed by atoms with Crippen molar-refractivity contribution >= 4 is 0 Å². The molecule has 1 heterocycles. The van der Waals surface area contributed by atoms with Gasteiger partial charge in [0.1, 0.15) is 0 Å². The number of rotatable bonds is 7. The van der Waals surface area contributed by atoms with E-state index in [1.807, 2.05) is 0 Å². The summed E-state index contributed by atoms with van der Waals surface area (Å²) in [6.07, 6.45) is 6.66. The molecule has 1 saturated carbocycles. The molecule has 2 unspecified atom stereocenters. The largest absolute Gasteiger partial charge is 0.313 e. The van der Waals surface area contributed by atoms with Crippen molar-refractivity contribution in [3.63, 3.8) is 0 Å². The van der Waals surface area contributed by atoms with Crippen molar-refractivity contribution in [1.82, 2.24) is 15.1 Å². The van der Waals surface area contributed by atoms with Crippen LogP contribution in [0, 0.1) is 5.41 Å². The van der Waals surface area contributed by atoms with Crippen molar-refractivity contribution in [2.75, 3.05) is 39.8 Å². The Morgan fingerprint density at radius 2 is 1.95 bits per heavy atom. The van der Waals surface area contributed by atoms with Crippen LogP contribution < -0.4 is 5.32 Å². The number of hydrogen-bond acceptors (Lipinski definition) is 3. The Morgan fingerprint density at radius 1 is 1.20 bits per heavy atom. The molecular weight excluding hydrogens is 246 g/mol. The lowest BCUT2D eigenvalue weighted by molar-refractivity contribution is 0.110. The van der Waals surface area contributed by atoms with Crippen LogP contribution >= 0.6 is 0 Å². The highest BCUT2D eigenvalue weighted by Gasteiger charge is 2.32. The Balaban J connectivity index is 1.92. The summed E-state index contributed by atoms with van der Waals surface area (Å²) in [5.74, 6) is 0. The fraction of sp³-hybridized carbons (Fsp3) is 1.00. The minimum Gasteiger partial charge on any atom is -0.313 e. The van der Waals surface area contributed by atoms with E-state index in [0.717, 1.165) is 12.1 Å². The Morgan fingerprint density at radius 3 is 2.55 bits per heavy atom. The molecule has 1 aliphatic heterocycles. The predicted octanol–water partition coefficient (Wildman–Crippen LogP) is 2.57. The number of nitrogens with zero attached hydrogens (tertiary/aromatic N) is 2. The lowest BCUT2D eigenvalue weighted by Crippen LogP contribution is -2.48. The zero-order chi connectivity index (χ0) is 14.6. The number of nitrogens with one attached hydrogen (secondary N) is 1. The number of likely N-dealkylation sites (N-methyl/N-ethyl adjacent to an activating group) is 1. The third-order valence-electron chi connectivity index (χ3n) is 5.33. The monoisotopic (exact) mass is 281 g/mol. The fourth-order valence-electron chi connectivity index (χ4n) is 3.35. The molecule has 118 valence electrons. The molecule has 0 radical (unpaired) electrons. The molecule has 1 aliphatic carbocycles. The lowest BCUT2D eigenvalue weighted by atomic mass is 9.86. The topological polar surface area (TPSA) is 18.5 Å². The highest BCUT2D eigenvalue weighted by Crippen LogP contribution is 2.27. The van der Waals surface area contributed by atoms with E-state index in [9.17, 15) is 0 Å². The third kappa shape index (κ3) is 4.71. The molecule has 2 fully saturated rings. The van der Waals surface area contributed by atoms with Gasteiger partial charge in [-0.2, -0.15) is 0 Å². The molecule has 0 amide bonds. The first-order chi connectivity index (χ1) is 9.56. The summed E-state index contributed by atoms with van der Waals surface area (Å²) in [7, 11) is 2.28. The van der Waals surface area contributed by atoms with E-state index < -0.39 is 0 Å². The molecule has 0 bridgehead atoms. The van der Waals surface area contributed by atoms with Crippen molar-refractivity contribution < 1.29 is 0 Å². The predicted molar refractivity (Wildman–Crippen MR) is 87.2 cm³/mol. The number of hydrogen-bond donors (Lipinski definition) is 1. The SMILES string of the molecule is CCC1CN(C)CCCN1CC(C)(CC)CNC1CC1. The Hall–Kier alpha value is -0.120. The summed E-state index contributed by atoms with van der Waals surface area (Å²) in [6.45, 7) is 13.4. The molecule has 1 saturated heterocycles. The van der Waals surface area contributed by atoms with E-state index in [1.165, 1.54) is 64.8 Å². The van der Waals surface area contributed by atoms with Gasteiger partial charge in [0.05, 0.1) is 0 Å². The standard InChI is InChI=1S/C17H35N3/c1-5-16-12-19(4)10-7-11-20(16)14-17(3,6-2)13-18-15-8-9-15/h15-16,18H,5-14H2,1-4H3. The normalized spacial score (nSPS) is 29.1. The highest BCUT2D eigenvalue weighted by atomic mass is 15.2. The minimum atomic E-state index is 0.429. The molecule has 2 aliphatic rings. The Kier molecular flexibility index (Phi) is 5.88. The van der Waals surface area contributed by atoms with E-state index in [4.69, 9.17) is 0 Å². The summed E-state index contributed by atoms with van der Waals surface area (Å²) in [4.78, 5) is 5.29. The zero-order valence-corrected chi connectivity index (χ0v) is 14.1. The van der Waals surface area contributed by atoms with Gasteiger partial charge in [0.15, 0.2) is 0 Å². The maximum atomic E-state index is 3.76. The van der Waals surface area contributed by atoms with Crippen LogP contribution in [0.1, 0.15) is 52.9 Å². The molecule has 0 aromatic rings. The van der Waals surface area contributed by atoms with Gasteiger partial charge in [-0.25, -0.2) is 0 Å². The highest BCUT2D eigenvalue weighted by molar-refractivity contribution is 4.89. The first kappa shape index (κ1) is 16.3. The van der Waals surface area contributed by atoms with Crippen LogP contribution in [0.5, 0.6) is 0 Å². The van der Waals surface area contributed by atoms with Gasteiger partial charge in [-0.05, 0) is 57.7 Å². The molecule has 3 nitrogen and oxygen atoms in total. The Bertz CT molecular complexity index is 290. The summed E-state index contributed by atoms with van der Waals surface area (Å²) in [5, 5.41) is 3.76. The maximum Gasteiger partial charge on any atom is 0.0220 e. The molecular formula is C17H35N3. The van der Waals surface area contributed by atoms with Crippen molar-refractivity contribution in [1.29, 1.82) is 0 Å². The van der Waals surface area contributed by atoms with Crippen LogP contribution in [0.15, 0.2) is 0 Å². The van der Waals surface area contributed by atoms with E-state index in [-0.39, 0.29) is 0 Å². The van der Waals surface area contributed by atoms with Crippen LogP contribution in [0.25, 0.3) is 0 Å². The third-order valence-corrected chi connectivity index (χ3v) is 5.33. The first-order valence-corrected chi connectivity index (χ1v) is 8.72. The molecule has 3 heteroatoms. The summed E-state index contributed by atoms with van der Waals surface area (Å²) in [5.41, 5.74) is 0.429. The van der Waals surface area contributed by atoms with Crippen LogP contribution in [0.2, 0.25) is 0 Å². The van der Waals surface area contributed by atoms with Crippen molar-refractivity contribution in [3.8, 4) is 0 Å². The van der Waals surface area contributed by atoms with E-state index in [0.29, 0.717) is 5.41 Å². The second kappa shape index (κ2) is 7.24. The molecule has 2 atom stereocenters. The van der Waals surface area contributed by atoms with Crippen LogP contribution in [0.4, 0.5) is 0 Å². The fourth-order valence-corrected chi connectivity index (χ4v) is 3.35. The average molecular weight is 281 g/mol. The van der Waals surface area contributed by atoms with Crippen molar-refractivity contribution in [2.45, 2.75) is 65.0 Å². The molecule has 1 N–H and O–H groups in total. The maximum absolute atomic E-state index is 3.76. The van der Waals surface area contributed by atoms with Gasteiger partial charge >= 0.3 is 0 Å². The molecule has 0 spiro atoms. The lowest BCUT2D eigenvalue weighted by Gasteiger charge is -2.39. The van der Waals surface area contributed by atoms with Crippen molar-refractivity contribution in [3.05, 3.63) is 0 Å². The average Bonchev–Trinajstić information content (AvgIpc) is 3.26. The van der Waals surface area contributed by atoms with Crippen molar-refractivity contribution in [2.24, 2.45) is 5.41 Å². The molecule has 20 heavy (non-hydrogen) atoms. The van der Waals surface area contributed by atoms with E-state index in [2.05, 4.69) is 42.9 Å². The smallest absolute Gasteiger partial charge is 0.0220 e. The van der Waals surface area contributed by atoms with Crippen LogP contribution in [0.3, 0.4) is 0 Å². The van der Waals surface area contributed by atoms with Gasteiger partial charge in [0, 0.05) is 31.7 Å². The molecule has 0 aromatic heterocycles. The molecule has 0 aromatic carbocycles. The van der Waals surface area contributed by atoms with Gasteiger partial charge in [-0.1, -0.05) is 20.8 Å². The summed E-state index contributed by atoms with van der Waals surface area (Å²) < 4.78 is 0. The summed E-state index contributed by atoms with van der Waals surface area (Å²) >= 11 is 0. The second-order valence-corrected chi connectivity index (χ2v) is 7.47.